The number of rotatable bonds is 5. The number of primary amides is 1. The lowest BCUT2D eigenvalue weighted by Gasteiger charge is -2.04. The van der Waals surface area contributed by atoms with Gasteiger partial charge in [-0.05, 0) is 35.7 Å². The molecule has 2 amide bonds. The normalized spacial score (nSPS) is 13.6. The van der Waals surface area contributed by atoms with Crippen molar-refractivity contribution in [3.05, 3.63) is 48.2 Å². The smallest absolute Gasteiger partial charge is 0.270 e. The SMILES string of the molecule is NC(=O)c1nc(Nc2ccc3ccccc3c2)sc1NC(=O)C1CC1. The third-order valence-corrected chi connectivity index (χ3v) is 4.93. The first-order valence-corrected chi connectivity index (χ1v) is 8.79. The highest BCUT2D eigenvalue weighted by Gasteiger charge is 2.31. The summed E-state index contributed by atoms with van der Waals surface area (Å²) >= 11 is 1.21. The standard InChI is InChI=1S/C18H16N4O2S/c19-15(23)14-17(22-16(24)11-5-6-11)25-18(21-14)20-13-8-7-10-3-1-2-4-12(10)9-13/h1-4,7-9,11H,5-6H2,(H2,19,23)(H,20,21)(H,22,24). The average Bonchev–Trinajstić information content (AvgIpc) is 3.37. The summed E-state index contributed by atoms with van der Waals surface area (Å²) in [6, 6.07) is 14.0. The van der Waals surface area contributed by atoms with E-state index in [-0.39, 0.29) is 17.5 Å². The molecule has 1 aliphatic carbocycles. The summed E-state index contributed by atoms with van der Waals surface area (Å²) in [4.78, 5) is 27.8. The van der Waals surface area contributed by atoms with Crippen LogP contribution in [0.5, 0.6) is 0 Å². The molecule has 4 rings (SSSR count). The number of anilines is 3. The molecule has 0 atom stereocenters. The molecular weight excluding hydrogens is 336 g/mol. The van der Waals surface area contributed by atoms with Crippen molar-refractivity contribution in [3.8, 4) is 0 Å². The third kappa shape index (κ3) is 3.32. The number of hydrogen-bond acceptors (Lipinski definition) is 5. The molecule has 1 aliphatic rings. The van der Waals surface area contributed by atoms with Crippen molar-refractivity contribution in [2.45, 2.75) is 12.8 Å². The Balaban J connectivity index is 1.60. The molecule has 0 saturated heterocycles. The monoisotopic (exact) mass is 352 g/mol. The number of hydrogen-bond donors (Lipinski definition) is 3. The van der Waals surface area contributed by atoms with Crippen molar-refractivity contribution in [1.29, 1.82) is 0 Å². The lowest BCUT2D eigenvalue weighted by atomic mass is 10.1. The summed E-state index contributed by atoms with van der Waals surface area (Å²) in [6.07, 6.45) is 1.78. The van der Waals surface area contributed by atoms with Crippen LogP contribution in [0.2, 0.25) is 0 Å². The van der Waals surface area contributed by atoms with Gasteiger partial charge in [0.05, 0.1) is 0 Å². The molecule has 25 heavy (non-hydrogen) atoms. The van der Waals surface area contributed by atoms with Gasteiger partial charge in [0.1, 0.15) is 5.00 Å². The van der Waals surface area contributed by atoms with E-state index in [9.17, 15) is 9.59 Å². The molecule has 2 aromatic carbocycles. The summed E-state index contributed by atoms with van der Waals surface area (Å²) in [5.41, 5.74) is 6.33. The fourth-order valence-electron chi connectivity index (χ4n) is 2.58. The van der Waals surface area contributed by atoms with Crippen LogP contribution in [0.4, 0.5) is 15.8 Å². The Bertz CT molecular complexity index is 978. The van der Waals surface area contributed by atoms with Crippen LogP contribution in [0.3, 0.4) is 0 Å². The molecule has 1 heterocycles. The third-order valence-electron chi connectivity index (χ3n) is 4.05. The van der Waals surface area contributed by atoms with E-state index < -0.39 is 5.91 Å². The van der Waals surface area contributed by atoms with Crippen LogP contribution in [0, 0.1) is 5.92 Å². The second kappa shape index (κ2) is 6.18. The molecule has 7 heteroatoms. The molecule has 0 aliphatic heterocycles. The predicted molar refractivity (Wildman–Crippen MR) is 99.2 cm³/mol. The van der Waals surface area contributed by atoms with Crippen molar-refractivity contribution >= 4 is 49.7 Å². The van der Waals surface area contributed by atoms with Gasteiger partial charge in [0, 0.05) is 11.6 Å². The number of amides is 2. The number of nitrogens with two attached hydrogens (primary N) is 1. The molecule has 0 radical (unpaired) electrons. The minimum absolute atomic E-state index is 0.0414. The summed E-state index contributed by atoms with van der Waals surface area (Å²) in [5, 5.41) is 9.09. The van der Waals surface area contributed by atoms with Gasteiger partial charge < -0.3 is 16.4 Å². The molecule has 3 aromatic rings. The molecular formula is C18H16N4O2S. The van der Waals surface area contributed by atoms with Crippen LogP contribution in [0.25, 0.3) is 10.8 Å². The lowest BCUT2D eigenvalue weighted by Crippen LogP contribution is -2.18. The van der Waals surface area contributed by atoms with Crippen molar-refractivity contribution in [1.82, 2.24) is 4.98 Å². The molecule has 1 saturated carbocycles. The van der Waals surface area contributed by atoms with Crippen LogP contribution in [0.15, 0.2) is 42.5 Å². The number of nitrogens with one attached hydrogen (secondary N) is 2. The number of aromatic nitrogens is 1. The van der Waals surface area contributed by atoms with Gasteiger partial charge in [0.15, 0.2) is 10.8 Å². The maximum Gasteiger partial charge on any atom is 0.270 e. The van der Waals surface area contributed by atoms with E-state index in [4.69, 9.17) is 5.73 Å². The summed E-state index contributed by atoms with van der Waals surface area (Å²) in [5.74, 6) is -0.697. The quantitative estimate of drug-likeness (QED) is 0.655. The lowest BCUT2D eigenvalue weighted by molar-refractivity contribution is -0.117. The Hall–Kier alpha value is -2.93. The number of benzene rings is 2. The first kappa shape index (κ1) is 15.6. The zero-order chi connectivity index (χ0) is 17.4. The molecule has 1 aromatic heterocycles. The van der Waals surface area contributed by atoms with Gasteiger partial charge in [-0.15, -0.1) is 0 Å². The van der Waals surface area contributed by atoms with E-state index in [0.717, 1.165) is 29.3 Å². The van der Waals surface area contributed by atoms with Gasteiger partial charge in [-0.1, -0.05) is 41.7 Å². The van der Waals surface area contributed by atoms with E-state index in [0.29, 0.717) is 10.1 Å². The maximum atomic E-state index is 12.0. The zero-order valence-electron chi connectivity index (χ0n) is 13.3. The minimum Gasteiger partial charge on any atom is -0.364 e. The number of nitrogens with zero attached hydrogens (tertiary/aromatic N) is 1. The van der Waals surface area contributed by atoms with E-state index in [1.807, 2.05) is 42.5 Å². The van der Waals surface area contributed by atoms with Crippen LogP contribution < -0.4 is 16.4 Å². The molecule has 0 spiro atoms. The first-order chi connectivity index (χ1) is 12.1. The van der Waals surface area contributed by atoms with Crippen LogP contribution >= 0.6 is 11.3 Å². The molecule has 126 valence electrons. The summed E-state index contributed by atoms with van der Waals surface area (Å²) in [7, 11) is 0. The van der Waals surface area contributed by atoms with E-state index in [2.05, 4.69) is 15.6 Å². The van der Waals surface area contributed by atoms with Crippen molar-refractivity contribution in [3.63, 3.8) is 0 Å². The molecule has 6 nitrogen and oxygen atoms in total. The van der Waals surface area contributed by atoms with Crippen molar-refractivity contribution in [2.75, 3.05) is 10.6 Å². The van der Waals surface area contributed by atoms with Crippen LogP contribution in [0.1, 0.15) is 23.3 Å². The fourth-order valence-corrected chi connectivity index (χ4v) is 3.47. The summed E-state index contributed by atoms with van der Waals surface area (Å²) in [6.45, 7) is 0. The second-order valence-corrected chi connectivity index (χ2v) is 7.01. The van der Waals surface area contributed by atoms with Gasteiger partial charge in [0.2, 0.25) is 5.91 Å². The molecule has 4 N–H and O–H groups in total. The number of carbonyl (C=O) groups excluding carboxylic acids is 2. The Morgan fingerprint density at radius 3 is 2.60 bits per heavy atom. The average molecular weight is 352 g/mol. The van der Waals surface area contributed by atoms with Gasteiger partial charge >= 0.3 is 0 Å². The highest BCUT2D eigenvalue weighted by atomic mass is 32.1. The second-order valence-electron chi connectivity index (χ2n) is 6.01. The summed E-state index contributed by atoms with van der Waals surface area (Å²) < 4.78 is 0. The Kier molecular flexibility index (Phi) is 3.85. The number of carbonyl (C=O) groups is 2. The number of fused-ring (bicyclic) bond motifs is 1. The largest absolute Gasteiger partial charge is 0.364 e. The van der Waals surface area contributed by atoms with Crippen LogP contribution in [-0.4, -0.2) is 16.8 Å². The van der Waals surface area contributed by atoms with Crippen molar-refractivity contribution < 1.29 is 9.59 Å². The maximum absolute atomic E-state index is 12.0. The zero-order valence-corrected chi connectivity index (χ0v) is 14.1. The first-order valence-electron chi connectivity index (χ1n) is 7.97. The van der Waals surface area contributed by atoms with E-state index in [1.165, 1.54) is 11.3 Å². The highest BCUT2D eigenvalue weighted by molar-refractivity contribution is 7.20. The van der Waals surface area contributed by atoms with E-state index >= 15 is 0 Å². The minimum atomic E-state index is -0.658. The van der Waals surface area contributed by atoms with Crippen LogP contribution in [-0.2, 0) is 4.79 Å². The molecule has 0 bridgehead atoms. The van der Waals surface area contributed by atoms with E-state index in [1.54, 1.807) is 0 Å². The predicted octanol–water partition coefficient (Wildman–Crippen LogP) is 3.49. The Morgan fingerprint density at radius 1 is 1.12 bits per heavy atom. The van der Waals surface area contributed by atoms with Gasteiger partial charge in [-0.3, -0.25) is 9.59 Å². The Labute approximate surface area is 148 Å². The molecule has 0 unspecified atom stereocenters. The topological polar surface area (TPSA) is 97.1 Å². The fraction of sp³-hybridized carbons (Fsp3) is 0.167. The highest BCUT2D eigenvalue weighted by Crippen LogP contribution is 2.35. The Morgan fingerprint density at radius 2 is 1.88 bits per heavy atom. The number of thiazole rings is 1. The molecule has 1 fully saturated rings. The van der Waals surface area contributed by atoms with Gasteiger partial charge in [-0.2, -0.15) is 0 Å². The van der Waals surface area contributed by atoms with Gasteiger partial charge in [-0.25, -0.2) is 4.98 Å². The van der Waals surface area contributed by atoms with Crippen molar-refractivity contribution in [2.24, 2.45) is 11.7 Å². The van der Waals surface area contributed by atoms with Gasteiger partial charge in [0.25, 0.3) is 5.91 Å².